The van der Waals surface area contributed by atoms with Crippen LogP contribution in [0.3, 0.4) is 0 Å². The number of benzene rings is 3. The topological polar surface area (TPSA) is 170 Å². The Morgan fingerprint density at radius 3 is 2.40 bits per heavy atom. The van der Waals surface area contributed by atoms with E-state index in [-0.39, 0.29) is 59.2 Å². The van der Waals surface area contributed by atoms with Crippen LogP contribution in [0.25, 0.3) is 83.7 Å². The Kier molecular flexibility index (Phi) is 15.8. The van der Waals surface area contributed by atoms with Crippen molar-refractivity contribution < 1.29 is 44.2 Å². The van der Waals surface area contributed by atoms with Gasteiger partial charge in [-0.05, 0) is 166 Å². The molecule has 16 rings (SSSR count). The third-order valence-electron chi connectivity index (χ3n) is 18.2. The van der Waals surface area contributed by atoms with Gasteiger partial charge in [-0.25, -0.2) is 9.97 Å². The molecular formula is C74H59N9NpO3S2-2. The van der Waals surface area contributed by atoms with Crippen molar-refractivity contribution in [3.05, 3.63) is 238 Å². The number of furan rings is 1. The Balaban J connectivity index is 0.00000663. The fourth-order valence-corrected chi connectivity index (χ4v) is 16.0. The number of aliphatic hydroxyl groups excluding tert-OH is 1. The van der Waals surface area contributed by atoms with Gasteiger partial charge in [-0.3, -0.25) is 24.9 Å². The number of ether oxygens (including phenoxy) is 1. The van der Waals surface area contributed by atoms with E-state index in [2.05, 4.69) is 136 Å². The molecule has 3 N–H and O–H groups in total. The number of thioether (sulfide) groups is 1. The number of aliphatic imine (C=N–C) groups is 3. The van der Waals surface area contributed by atoms with Gasteiger partial charge in [0.05, 0.1) is 33.9 Å². The molecule has 7 atom stereocenters. The van der Waals surface area contributed by atoms with Gasteiger partial charge < -0.3 is 31.1 Å². The van der Waals surface area contributed by atoms with Crippen LogP contribution >= 0.6 is 23.1 Å². The first-order chi connectivity index (χ1) is 43.5. The van der Waals surface area contributed by atoms with Crippen molar-refractivity contribution in [2.24, 2.45) is 26.8 Å². The monoisotopic (exact) mass is 1420 g/mol. The van der Waals surface area contributed by atoms with Crippen LogP contribution < -0.4 is 5.73 Å². The van der Waals surface area contributed by atoms with E-state index in [9.17, 15) is 5.11 Å². The number of nitrogen functional groups attached to an aromatic ring is 1. The predicted octanol–water partition coefficient (Wildman–Crippen LogP) is 16.6. The van der Waals surface area contributed by atoms with Gasteiger partial charge >= 0.3 is 0 Å². The van der Waals surface area contributed by atoms with E-state index in [1.807, 2.05) is 86.2 Å². The zero-order valence-electron chi connectivity index (χ0n) is 48.4. The van der Waals surface area contributed by atoms with Gasteiger partial charge in [0, 0.05) is 126 Å². The molecule has 10 heterocycles. The molecule has 4 aliphatic heterocycles. The first kappa shape index (κ1) is 57.1. The Bertz CT molecular complexity index is 4520. The van der Waals surface area contributed by atoms with Crippen LogP contribution in [0.2, 0.25) is 0 Å². The van der Waals surface area contributed by atoms with E-state index in [0.29, 0.717) is 22.8 Å². The summed E-state index contributed by atoms with van der Waals surface area (Å²) in [5.41, 5.74) is 26.2. The van der Waals surface area contributed by atoms with Crippen LogP contribution in [-0.4, -0.2) is 66.7 Å². The predicted molar refractivity (Wildman–Crippen MR) is 356 cm³/mol. The number of anilines is 1. The second-order valence-electron chi connectivity index (χ2n) is 23.3. The van der Waals surface area contributed by atoms with E-state index in [4.69, 9.17) is 34.8 Å². The summed E-state index contributed by atoms with van der Waals surface area (Å²) in [6.07, 6.45) is 45.3. The number of rotatable bonds is 13. The minimum atomic E-state index is -0.831. The van der Waals surface area contributed by atoms with Crippen molar-refractivity contribution in [2.45, 2.75) is 74.4 Å². The number of aliphatic hydroxyl groups is 1. The van der Waals surface area contributed by atoms with Crippen LogP contribution in [0.15, 0.2) is 212 Å². The number of hydrogen-bond donors (Lipinski definition) is 2. The van der Waals surface area contributed by atoms with Crippen molar-refractivity contribution in [3.8, 4) is 44.6 Å². The van der Waals surface area contributed by atoms with E-state index in [1.54, 1.807) is 17.8 Å². The summed E-state index contributed by atoms with van der Waals surface area (Å²) in [6, 6.07) is 31.4. The minimum absolute atomic E-state index is 0. The molecule has 3 aromatic carbocycles. The molecule has 0 fully saturated rings. The number of hydrogen-bond acceptors (Lipinski definition) is 14. The van der Waals surface area contributed by atoms with Crippen LogP contribution in [0.5, 0.6) is 0 Å². The van der Waals surface area contributed by atoms with E-state index in [0.717, 1.165) is 155 Å². The second kappa shape index (κ2) is 24.6. The number of dihydropyridines is 1. The van der Waals surface area contributed by atoms with Crippen LogP contribution in [0.1, 0.15) is 95.8 Å². The quantitative estimate of drug-likeness (QED) is 0.0643. The molecule has 0 saturated heterocycles. The molecule has 12 nitrogen and oxygen atoms in total. The average molecular weight is 1420 g/mol. The molecule has 0 amide bonds. The minimum Gasteiger partial charge on any atom is -0.543 e. The molecule has 1 radical (unpaired) electrons. The summed E-state index contributed by atoms with van der Waals surface area (Å²) in [4.78, 5) is 39.2. The number of pyridine rings is 3. The van der Waals surface area contributed by atoms with Gasteiger partial charge in [0.1, 0.15) is 27.8 Å². The molecule has 7 unspecified atom stereocenters. The van der Waals surface area contributed by atoms with E-state index >= 15 is 0 Å². The fraction of sp³-hybridized carbons (Fsp3) is 0.203. The number of fused-ring (bicyclic) bond motifs is 7. The number of para-hydroxylation sites is 1. The largest absolute Gasteiger partial charge is 0.543 e. The third kappa shape index (κ3) is 10.7. The van der Waals surface area contributed by atoms with Crippen molar-refractivity contribution in [1.29, 1.82) is 0 Å². The Morgan fingerprint density at radius 2 is 1.62 bits per heavy atom. The Morgan fingerprint density at radius 1 is 0.843 bits per heavy atom. The molecule has 6 aromatic heterocycles. The van der Waals surface area contributed by atoms with Gasteiger partial charge in [0.15, 0.2) is 0 Å². The van der Waals surface area contributed by atoms with Crippen molar-refractivity contribution >= 4 is 86.5 Å². The van der Waals surface area contributed by atoms with Crippen molar-refractivity contribution in [1.82, 2.24) is 24.9 Å². The number of aromatic nitrogens is 5. The van der Waals surface area contributed by atoms with Crippen molar-refractivity contribution in [3.63, 3.8) is 0 Å². The first-order valence-corrected chi connectivity index (χ1v) is 32.0. The van der Waals surface area contributed by atoms with E-state index < -0.39 is 6.10 Å². The van der Waals surface area contributed by atoms with Crippen LogP contribution in [-0.2, 0) is 4.74 Å². The summed E-state index contributed by atoms with van der Waals surface area (Å²) in [5, 5.41) is 13.4. The van der Waals surface area contributed by atoms with Gasteiger partial charge in [-0.15, -0.1) is 41.0 Å². The molecule has 0 spiro atoms. The zero-order chi connectivity index (χ0) is 58.7. The Labute approximate surface area is 547 Å². The molecule has 89 heavy (non-hydrogen) atoms. The van der Waals surface area contributed by atoms with Gasteiger partial charge in [0.2, 0.25) is 0 Å². The third-order valence-corrected chi connectivity index (χ3v) is 20.4. The van der Waals surface area contributed by atoms with Crippen LogP contribution in [0, 0.1) is 54.3 Å². The molecule has 437 valence electrons. The van der Waals surface area contributed by atoms with Crippen LogP contribution in [0.4, 0.5) is 5.69 Å². The molecule has 15 heteroatoms. The normalized spacial score (nSPS) is 22.0. The molecule has 7 aliphatic rings. The standard InChI is InChI=1S/C74H59N9O3S2.Np/c75-67-64(18-17-63(84)52-9-2-1-8-51(52)44-21-30-77-31-22-44)87-74-68(67)83-62(42-82-74)59-16-6-15-58-57-14-5-13-56(71(57)86-72(58)59)55-12-4-11-54-53-10-3-7-47(69(53)85-70(54)55)27-36-80-65-40-49-37-50(41-81-73(49)88-65)66-60(45-23-32-78-33-24-45)38-48(43-19-28-76-29-20-43)39-61(66)46-25-34-79-35-26-46;/h1-2,5-9,12,14-21,23-30,32-36,38-39,41-42,49-50,54,56,63,70,73,84H,3-4,10-11,13,22,31,37,75H2;/q-2;/b18-17-,80-36?;. The summed E-state index contributed by atoms with van der Waals surface area (Å²) in [5.74, 6) is 2.41. The number of thiophene rings is 1. The maximum absolute atomic E-state index is 11.5. The smallest absolute Gasteiger partial charge is 0.144 e. The molecule has 3 aliphatic carbocycles. The molecule has 9 aromatic rings. The maximum atomic E-state index is 11.5. The number of nitrogens with zero attached hydrogens (tertiary/aromatic N) is 8. The van der Waals surface area contributed by atoms with Crippen molar-refractivity contribution in [2.75, 3.05) is 12.3 Å². The van der Waals surface area contributed by atoms with E-state index in [1.165, 1.54) is 28.0 Å². The molecular weight excluding hydrogens is 1360 g/mol. The SMILES string of the molecule is Nc1c(/C=C\C(O)c2ccccc2C2=CC=NCC2)sc2ncc(-c3cccc4c5c(oc34)C(C3=CCCC4C6=C(OC34)C([CH-]C=NC3=[C-]C4CC(c7c(-c8ccncc8)cc(-c8ccncc8)cc7-c7ccncc7)C=NC4S3)=CCC6)CC=C5)nc12.[Np]. The molecule has 0 saturated carbocycles. The average Bonchev–Trinajstić information content (AvgIpc) is 1.76. The summed E-state index contributed by atoms with van der Waals surface area (Å²) in [7, 11) is 0. The first-order valence-electron chi connectivity index (χ1n) is 30.3. The summed E-state index contributed by atoms with van der Waals surface area (Å²) < 4.78 is 14.3. The summed E-state index contributed by atoms with van der Waals surface area (Å²) >= 11 is 3.15. The van der Waals surface area contributed by atoms with Gasteiger partial charge in [-0.2, -0.15) is 6.08 Å². The van der Waals surface area contributed by atoms with Gasteiger partial charge in [-0.1, -0.05) is 84.1 Å². The maximum Gasteiger partial charge on any atom is 0.144 e. The Hall–Kier alpha value is -8.33. The summed E-state index contributed by atoms with van der Waals surface area (Å²) in [6.45, 7) is 0.740. The number of allylic oxidation sites excluding steroid dienone is 5. The fourth-order valence-electron chi connectivity index (χ4n) is 14.1. The van der Waals surface area contributed by atoms with Gasteiger partial charge in [0.25, 0.3) is 0 Å². The second-order valence-corrected chi connectivity index (χ2v) is 25.4. The molecule has 0 bridgehead atoms. The number of nitrogens with two attached hydrogens (primary N) is 1. The zero-order valence-corrected chi connectivity index (χ0v) is 53.8.